The van der Waals surface area contributed by atoms with E-state index in [-0.39, 0.29) is 0 Å². The molecule has 1 aliphatic rings. The van der Waals surface area contributed by atoms with Crippen LogP contribution >= 0.6 is 27.7 Å². The van der Waals surface area contributed by atoms with E-state index in [1.165, 1.54) is 0 Å². The van der Waals surface area contributed by atoms with Gasteiger partial charge < -0.3 is 9.47 Å². The third kappa shape index (κ3) is 2.84. The van der Waals surface area contributed by atoms with Crippen LogP contribution in [0.2, 0.25) is 0 Å². The molecule has 0 spiro atoms. The monoisotopic (exact) mass is 406 g/mol. The zero-order valence-electron chi connectivity index (χ0n) is 13.2. The van der Waals surface area contributed by atoms with Gasteiger partial charge in [0.05, 0.1) is 0 Å². The zero-order chi connectivity index (χ0) is 16.7. The lowest BCUT2D eigenvalue weighted by Gasteiger charge is -2.19. The van der Waals surface area contributed by atoms with Crippen molar-refractivity contribution in [1.82, 2.24) is 19.6 Å². The molecule has 3 heterocycles. The number of halogens is 1. The van der Waals surface area contributed by atoms with Crippen LogP contribution in [0.3, 0.4) is 0 Å². The minimum absolute atomic E-state index is 0.584. The number of hydrogen-bond donors (Lipinski definition) is 0. The predicted molar refractivity (Wildman–Crippen MR) is 94.9 cm³/mol. The van der Waals surface area contributed by atoms with Crippen molar-refractivity contribution in [2.45, 2.75) is 24.8 Å². The first-order valence-electron chi connectivity index (χ1n) is 7.52. The second-order valence-corrected chi connectivity index (χ2v) is 7.33. The Balaban J connectivity index is 1.61. The Labute approximate surface area is 151 Å². The molecule has 124 valence electrons. The molecule has 1 aromatic carbocycles. The van der Waals surface area contributed by atoms with Gasteiger partial charge >= 0.3 is 0 Å². The van der Waals surface area contributed by atoms with Gasteiger partial charge in [0.25, 0.3) is 5.78 Å². The lowest BCUT2D eigenvalue weighted by Crippen LogP contribution is -2.15. The van der Waals surface area contributed by atoms with Crippen molar-refractivity contribution in [3.63, 3.8) is 0 Å². The molecule has 4 rings (SSSR count). The number of thioether (sulfide) groups is 1. The normalized spacial score (nSPS) is 13.5. The summed E-state index contributed by atoms with van der Waals surface area (Å²) in [5, 5.41) is 9.27. The summed E-state index contributed by atoms with van der Waals surface area (Å²) in [5.41, 5.74) is 3.14. The third-order valence-electron chi connectivity index (χ3n) is 3.73. The minimum Gasteiger partial charge on any atom is -0.486 e. The van der Waals surface area contributed by atoms with Crippen molar-refractivity contribution in [3.05, 3.63) is 39.6 Å². The molecular formula is C16H15BrN4O2S. The highest BCUT2D eigenvalue weighted by Gasteiger charge is 2.16. The Hall–Kier alpha value is -1.80. The number of aromatic nitrogens is 4. The molecular weight excluding hydrogens is 392 g/mol. The number of aryl methyl sites for hydroxylation is 2. The Morgan fingerprint density at radius 1 is 1.12 bits per heavy atom. The molecule has 0 amide bonds. The summed E-state index contributed by atoms with van der Waals surface area (Å²) in [5.74, 6) is 2.95. The Bertz CT molecular complexity index is 928. The Morgan fingerprint density at radius 2 is 1.88 bits per heavy atom. The molecule has 0 saturated carbocycles. The highest BCUT2D eigenvalue weighted by molar-refractivity contribution is 9.10. The maximum absolute atomic E-state index is 5.66. The van der Waals surface area contributed by atoms with Crippen molar-refractivity contribution < 1.29 is 9.47 Å². The van der Waals surface area contributed by atoms with E-state index in [0.717, 1.165) is 43.8 Å². The van der Waals surface area contributed by atoms with Gasteiger partial charge in [-0.15, -0.1) is 10.2 Å². The van der Waals surface area contributed by atoms with Crippen LogP contribution in [0.5, 0.6) is 11.5 Å². The van der Waals surface area contributed by atoms with Gasteiger partial charge in [0.1, 0.15) is 13.2 Å². The van der Waals surface area contributed by atoms with E-state index in [0.29, 0.717) is 19.0 Å². The number of hydrogen-bond acceptors (Lipinski definition) is 6. The summed E-state index contributed by atoms with van der Waals surface area (Å²) in [6, 6.07) is 6.01. The molecule has 0 unspecified atom stereocenters. The lowest BCUT2D eigenvalue weighted by molar-refractivity contribution is 0.171. The zero-order valence-corrected chi connectivity index (χ0v) is 15.6. The van der Waals surface area contributed by atoms with Crippen LogP contribution in [-0.4, -0.2) is 32.8 Å². The maximum Gasteiger partial charge on any atom is 0.256 e. The van der Waals surface area contributed by atoms with E-state index in [9.17, 15) is 0 Å². The molecule has 2 aromatic heterocycles. The molecule has 6 nitrogen and oxygen atoms in total. The van der Waals surface area contributed by atoms with Crippen molar-refractivity contribution in [3.8, 4) is 11.5 Å². The average Bonchev–Trinajstić information content (AvgIpc) is 2.96. The highest BCUT2D eigenvalue weighted by Crippen LogP contribution is 2.37. The molecule has 8 heteroatoms. The van der Waals surface area contributed by atoms with E-state index in [1.807, 2.05) is 36.4 Å². The molecule has 0 saturated heterocycles. The largest absolute Gasteiger partial charge is 0.486 e. The summed E-state index contributed by atoms with van der Waals surface area (Å²) in [6.07, 6.45) is 0. The molecule has 3 aromatic rings. The molecule has 0 fully saturated rings. The number of rotatable bonds is 3. The van der Waals surface area contributed by atoms with Gasteiger partial charge in [-0.1, -0.05) is 27.7 Å². The molecule has 0 N–H and O–H groups in total. The number of nitrogens with zero attached hydrogens (tertiary/aromatic N) is 4. The molecule has 0 bridgehead atoms. The molecule has 0 radical (unpaired) electrons. The number of benzene rings is 1. The second kappa shape index (κ2) is 6.25. The SMILES string of the molecule is Cc1cc(C)n2c(SCc3cc4c(cc3Br)OCCO4)nnc2n1. The van der Waals surface area contributed by atoms with Crippen LogP contribution in [0.1, 0.15) is 17.0 Å². The number of ether oxygens (including phenoxy) is 2. The van der Waals surface area contributed by atoms with Gasteiger partial charge in [-0.05, 0) is 37.6 Å². The van der Waals surface area contributed by atoms with Crippen LogP contribution in [0.15, 0.2) is 27.8 Å². The fraction of sp³-hybridized carbons (Fsp3) is 0.312. The van der Waals surface area contributed by atoms with E-state index < -0.39 is 0 Å². The van der Waals surface area contributed by atoms with Gasteiger partial charge in [0, 0.05) is 21.6 Å². The molecule has 0 aliphatic carbocycles. The lowest BCUT2D eigenvalue weighted by atomic mass is 10.2. The Morgan fingerprint density at radius 3 is 2.67 bits per heavy atom. The number of fused-ring (bicyclic) bond motifs is 2. The van der Waals surface area contributed by atoms with E-state index in [4.69, 9.17) is 9.47 Å². The van der Waals surface area contributed by atoms with Gasteiger partial charge in [0.2, 0.25) is 0 Å². The van der Waals surface area contributed by atoms with Crippen LogP contribution < -0.4 is 9.47 Å². The van der Waals surface area contributed by atoms with Crippen LogP contribution in [0, 0.1) is 13.8 Å². The first kappa shape index (κ1) is 15.7. The predicted octanol–water partition coefficient (Wildman–Crippen LogP) is 3.57. The standard InChI is InChI=1S/C16H15BrN4O2S/c1-9-5-10(2)21-15(18-9)19-20-16(21)24-8-11-6-13-14(7-12(11)17)23-4-3-22-13/h5-7H,3-4,8H2,1-2H3. The van der Waals surface area contributed by atoms with E-state index in [1.54, 1.807) is 11.8 Å². The van der Waals surface area contributed by atoms with Gasteiger partial charge in [-0.25, -0.2) is 4.98 Å². The van der Waals surface area contributed by atoms with E-state index >= 15 is 0 Å². The minimum atomic E-state index is 0.584. The first-order chi connectivity index (χ1) is 11.6. The van der Waals surface area contributed by atoms with Crippen molar-refractivity contribution in [1.29, 1.82) is 0 Å². The quantitative estimate of drug-likeness (QED) is 0.619. The molecule has 24 heavy (non-hydrogen) atoms. The molecule has 0 atom stereocenters. The summed E-state index contributed by atoms with van der Waals surface area (Å²) < 4.78 is 14.2. The highest BCUT2D eigenvalue weighted by atomic mass is 79.9. The summed E-state index contributed by atoms with van der Waals surface area (Å²) in [6.45, 7) is 5.17. The second-order valence-electron chi connectivity index (χ2n) is 5.53. The van der Waals surface area contributed by atoms with Crippen LogP contribution in [0.4, 0.5) is 0 Å². The summed E-state index contributed by atoms with van der Waals surface area (Å²) in [4.78, 5) is 4.42. The van der Waals surface area contributed by atoms with Crippen LogP contribution in [-0.2, 0) is 5.75 Å². The van der Waals surface area contributed by atoms with Gasteiger partial charge in [0.15, 0.2) is 16.7 Å². The first-order valence-corrected chi connectivity index (χ1v) is 9.30. The smallest absolute Gasteiger partial charge is 0.256 e. The summed E-state index contributed by atoms with van der Waals surface area (Å²) in [7, 11) is 0. The van der Waals surface area contributed by atoms with Crippen molar-refractivity contribution >= 4 is 33.5 Å². The van der Waals surface area contributed by atoms with Crippen molar-refractivity contribution in [2.24, 2.45) is 0 Å². The van der Waals surface area contributed by atoms with Crippen molar-refractivity contribution in [2.75, 3.05) is 13.2 Å². The third-order valence-corrected chi connectivity index (χ3v) is 5.45. The summed E-state index contributed by atoms with van der Waals surface area (Å²) >= 11 is 5.23. The fourth-order valence-corrected chi connectivity index (χ4v) is 4.28. The topological polar surface area (TPSA) is 61.5 Å². The van der Waals surface area contributed by atoms with Crippen LogP contribution in [0.25, 0.3) is 5.78 Å². The fourth-order valence-electron chi connectivity index (χ4n) is 2.65. The van der Waals surface area contributed by atoms with Gasteiger partial charge in [-0.2, -0.15) is 0 Å². The maximum atomic E-state index is 5.66. The molecule has 1 aliphatic heterocycles. The Kier molecular flexibility index (Phi) is 4.09. The average molecular weight is 407 g/mol. The van der Waals surface area contributed by atoms with E-state index in [2.05, 4.69) is 31.1 Å². The van der Waals surface area contributed by atoms with Gasteiger partial charge in [-0.3, -0.25) is 4.40 Å².